The summed E-state index contributed by atoms with van der Waals surface area (Å²) in [6, 6.07) is 8.48. The second-order valence-corrected chi connectivity index (χ2v) is 3.92. The molecule has 0 saturated carbocycles. The second kappa shape index (κ2) is 4.94. The molecule has 0 bridgehead atoms. The SMILES string of the molecule is CCC(CC(C)=O)c1ccc(C)cc1. The van der Waals surface area contributed by atoms with Crippen LogP contribution >= 0.6 is 0 Å². The summed E-state index contributed by atoms with van der Waals surface area (Å²) < 4.78 is 0. The number of Topliss-reactive ketones (excluding diaryl/α,β-unsaturated/α-hetero) is 1. The van der Waals surface area contributed by atoms with Crippen LogP contribution in [0.5, 0.6) is 0 Å². The third kappa shape index (κ3) is 2.99. The molecular weight excluding hydrogens is 172 g/mol. The van der Waals surface area contributed by atoms with E-state index >= 15 is 0 Å². The summed E-state index contributed by atoms with van der Waals surface area (Å²) in [7, 11) is 0. The quantitative estimate of drug-likeness (QED) is 0.710. The van der Waals surface area contributed by atoms with Crippen LogP contribution in [-0.2, 0) is 4.79 Å². The Morgan fingerprint density at radius 3 is 2.29 bits per heavy atom. The molecule has 0 amide bonds. The van der Waals surface area contributed by atoms with Gasteiger partial charge in [0, 0.05) is 6.42 Å². The number of ketones is 1. The molecular formula is C13H18O. The number of rotatable bonds is 4. The van der Waals surface area contributed by atoms with E-state index in [1.54, 1.807) is 6.92 Å². The molecule has 0 fully saturated rings. The molecule has 1 nitrogen and oxygen atoms in total. The van der Waals surface area contributed by atoms with Gasteiger partial charge in [0.25, 0.3) is 0 Å². The van der Waals surface area contributed by atoms with E-state index in [4.69, 9.17) is 0 Å². The maximum absolute atomic E-state index is 11.1. The fraction of sp³-hybridized carbons (Fsp3) is 0.462. The Morgan fingerprint density at radius 1 is 1.29 bits per heavy atom. The van der Waals surface area contributed by atoms with Gasteiger partial charge in [-0.05, 0) is 31.7 Å². The highest BCUT2D eigenvalue weighted by Crippen LogP contribution is 2.23. The number of hydrogen-bond donors (Lipinski definition) is 0. The third-order valence-corrected chi connectivity index (χ3v) is 2.58. The van der Waals surface area contributed by atoms with E-state index in [1.165, 1.54) is 11.1 Å². The molecule has 0 N–H and O–H groups in total. The first-order valence-electron chi connectivity index (χ1n) is 5.19. The van der Waals surface area contributed by atoms with Gasteiger partial charge in [0.15, 0.2) is 0 Å². The Bertz CT molecular complexity index is 298. The highest BCUT2D eigenvalue weighted by molar-refractivity contribution is 5.76. The van der Waals surface area contributed by atoms with Gasteiger partial charge in [0.1, 0.15) is 5.78 Å². The average molecular weight is 190 g/mol. The number of carbonyl (C=O) groups is 1. The van der Waals surface area contributed by atoms with Gasteiger partial charge < -0.3 is 4.79 Å². The largest absolute Gasteiger partial charge is 0.300 e. The summed E-state index contributed by atoms with van der Waals surface area (Å²) in [4.78, 5) is 11.1. The topological polar surface area (TPSA) is 17.1 Å². The molecule has 0 heterocycles. The fourth-order valence-corrected chi connectivity index (χ4v) is 1.68. The smallest absolute Gasteiger partial charge is 0.130 e. The van der Waals surface area contributed by atoms with Crippen molar-refractivity contribution in [2.24, 2.45) is 0 Å². The minimum absolute atomic E-state index is 0.275. The highest BCUT2D eigenvalue weighted by atomic mass is 16.1. The van der Waals surface area contributed by atoms with E-state index in [0.717, 1.165) is 6.42 Å². The van der Waals surface area contributed by atoms with Gasteiger partial charge in [-0.3, -0.25) is 0 Å². The van der Waals surface area contributed by atoms with Crippen molar-refractivity contribution in [3.05, 3.63) is 35.4 Å². The Morgan fingerprint density at radius 2 is 1.86 bits per heavy atom. The summed E-state index contributed by atoms with van der Waals surface area (Å²) in [5, 5.41) is 0. The van der Waals surface area contributed by atoms with Crippen molar-refractivity contribution in [2.75, 3.05) is 0 Å². The zero-order valence-corrected chi connectivity index (χ0v) is 9.21. The first-order chi connectivity index (χ1) is 6.63. The van der Waals surface area contributed by atoms with Crippen LogP contribution in [0.1, 0.15) is 43.7 Å². The number of benzene rings is 1. The van der Waals surface area contributed by atoms with Crippen molar-refractivity contribution < 1.29 is 4.79 Å². The monoisotopic (exact) mass is 190 g/mol. The highest BCUT2D eigenvalue weighted by Gasteiger charge is 2.10. The van der Waals surface area contributed by atoms with E-state index in [1.807, 2.05) is 0 Å². The second-order valence-electron chi connectivity index (χ2n) is 3.92. The number of aryl methyl sites for hydroxylation is 1. The van der Waals surface area contributed by atoms with Gasteiger partial charge in [-0.25, -0.2) is 0 Å². The molecule has 0 saturated heterocycles. The molecule has 0 aliphatic rings. The number of carbonyl (C=O) groups excluding carboxylic acids is 1. The average Bonchev–Trinajstić information content (AvgIpc) is 2.15. The van der Waals surface area contributed by atoms with Crippen molar-refractivity contribution in [2.45, 2.75) is 39.5 Å². The zero-order valence-electron chi connectivity index (χ0n) is 9.21. The van der Waals surface area contributed by atoms with E-state index < -0.39 is 0 Å². The summed E-state index contributed by atoms with van der Waals surface area (Å²) in [6.07, 6.45) is 1.70. The first-order valence-corrected chi connectivity index (χ1v) is 5.19. The Kier molecular flexibility index (Phi) is 3.87. The van der Waals surface area contributed by atoms with Crippen LogP contribution in [-0.4, -0.2) is 5.78 Å². The fourth-order valence-electron chi connectivity index (χ4n) is 1.68. The molecule has 1 aromatic rings. The van der Waals surface area contributed by atoms with E-state index in [-0.39, 0.29) is 5.78 Å². The van der Waals surface area contributed by atoms with E-state index in [9.17, 15) is 4.79 Å². The minimum Gasteiger partial charge on any atom is -0.300 e. The van der Waals surface area contributed by atoms with Gasteiger partial charge >= 0.3 is 0 Å². The van der Waals surface area contributed by atoms with Gasteiger partial charge in [-0.2, -0.15) is 0 Å². The van der Waals surface area contributed by atoms with E-state index in [2.05, 4.69) is 38.1 Å². The zero-order chi connectivity index (χ0) is 10.6. The molecule has 1 heteroatoms. The summed E-state index contributed by atoms with van der Waals surface area (Å²) in [5.74, 6) is 0.672. The van der Waals surface area contributed by atoms with Crippen LogP contribution < -0.4 is 0 Å². The predicted molar refractivity (Wildman–Crippen MR) is 59.5 cm³/mol. The van der Waals surface area contributed by atoms with Gasteiger partial charge in [-0.1, -0.05) is 36.8 Å². The standard InChI is InChI=1S/C13H18O/c1-4-12(9-11(3)14)13-7-5-10(2)6-8-13/h5-8,12H,4,9H2,1-3H3. The molecule has 0 spiro atoms. The lowest BCUT2D eigenvalue weighted by atomic mass is 9.91. The van der Waals surface area contributed by atoms with Crippen molar-refractivity contribution in [3.8, 4) is 0 Å². The van der Waals surface area contributed by atoms with Crippen LogP contribution in [0.25, 0.3) is 0 Å². The lowest BCUT2D eigenvalue weighted by Gasteiger charge is -2.13. The maximum atomic E-state index is 11.1. The van der Waals surface area contributed by atoms with Gasteiger partial charge in [0.2, 0.25) is 0 Å². The van der Waals surface area contributed by atoms with Crippen molar-refractivity contribution in [3.63, 3.8) is 0 Å². The molecule has 0 aliphatic heterocycles. The lowest BCUT2D eigenvalue weighted by Crippen LogP contribution is -2.03. The normalized spacial score (nSPS) is 12.5. The van der Waals surface area contributed by atoms with Crippen molar-refractivity contribution in [1.29, 1.82) is 0 Å². The third-order valence-electron chi connectivity index (χ3n) is 2.58. The molecule has 1 unspecified atom stereocenters. The molecule has 76 valence electrons. The molecule has 0 radical (unpaired) electrons. The first kappa shape index (κ1) is 11.0. The van der Waals surface area contributed by atoms with Gasteiger partial charge in [0.05, 0.1) is 0 Å². The molecule has 1 atom stereocenters. The van der Waals surface area contributed by atoms with Crippen LogP contribution in [0, 0.1) is 6.92 Å². The van der Waals surface area contributed by atoms with Crippen molar-refractivity contribution in [1.82, 2.24) is 0 Å². The van der Waals surface area contributed by atoms with Crippen molar-refractivity contribution >= 4 is 5.78 Å². The Labute approximate surface area is 86.1 Å². The van der Waals surface area contributed by atoms with Crippen LogP contribution in [0.3, 0.4) is 0 Å². The number of hydrogen-bond acceptors (Lipinski definition) is 1. The molecule has 0 aliphatic carbocycles. The predicted octanol–water partition coefficient (Wildman–Crippen LogP) is 3.47. The maximum Gasteiger partial charge on any atom is 0.130 e. The molecule has 14 heavy (non-hydrogen) atoms. The Hall–Kier alpha value is -1.11. The van der Waals surface area contributed by atoms with Crippen LogP contribution in [0.15, 0.2) is 24.3 Å². The van der Waals surface area contributed by atoms with Crippen LogP contribution in [0.4, 0.5) is 0 Å². The van der Waals surface area contributed by atoms with Crippen LogP contribution in [0.2, 0.25) is 0 Å². The minimum atomic E-state index is 0.275. The summed E-state index contributed by atoms with van der Waals surface area (Å²) in [5.41, 5.74) is 2.56. The lowest BCUT2D eigenvalue weighted by molar-refractivity contribution is -0.117. The Balaban J connectivity index is 2.78. The van der Waals surface area contributed by atoms with E-state index in [0.29, 0.717) is 12.3 Å². The van der Waals surface area contributed by atoms with Gasteiger partial charge in [-0.15, -0.1) is 0 Å². The molecule has 1 aromatic carbocycles. The molecule has 1 rings (SSSR count). The molecule has 0 aromatic heterocycles. The summed E-state index contributed by atoms with van der Waals surface area (Å²) in [6.45, 7) is 5.88. The summed E-state index contributed by atoms with van der Waals surface area (Å²) >= 11 is 0.